The van der Waals surface area contributed by atoms with Crippen LogP contribution in [0.2, 0.25) is 0 Å². The van der Waals surface area contributed by atoms with E-state index in [1.54, 1.807) is 7.11 Å². The van der Waals surface area contributed by atoms with Crippen LogP contribution < -0.4 is 5.32 Å². The lowest BCUT2D eigenvalue weighted by Crippen LogP contribution is -2.13. The van der Waals surface area contributed by atoms with Crippen LogP contribution >= 0.6 is 0 Å². The quantitative estimate of drug-likeness (QED) is 0.296. The number of aromatic nitrogens is 1. The second-order valence-electron chi connectivity index (χ2n) is 9.41. The molecular weight excluding hydrogens is 428 g/mol. The van der Waals surface area contributed by atoms with Gasteiger partial charge in [0.25, 0.3) is 5.91 Å². The van der Waals surface area contributed by atoms with E-state index in [-0.39, 0.29) is 12.0 Å². The second-order valence-corrected chi connectivity index (χ2v) is 9.41. The molecule has 1 unspecified atom stereocenters. The maximum atomic E-state index is 13.1. The molecule has 0 bridgehead atoms. The van der Waals surface area contributed by atoms with E-state index in [0.29, 0.717) is 26.4 Å². The van der Waals surface area contributed by atoms with Gasteiger partial charge in [0.15, 0.2) is 0 Å². The molecule has 0 spiro atoms. The minimum absolute atomic E-state index is 0.0373. The first kappa shape index (κ1) is 20.2. The number of epoxide rings is 1. The second kappa shape index (κ2) is 7.67. The Bertz CT molecular complexity index is 1480. The van der Waals surface area contributed by atoms with Crippen molar-refractivity contribution in [2.24, 2.45) is 0 Å². The first-order valence-corrected chi connectivity index (χ1v) is 11.9. The minimum atomic E-state index is 0.0373. The van der Waals surface area contributed by atoms with Crippen LogP contribution in [0.4, 0.5) is 0 Å². The Hall–Kier alpha value is -3.19. The van der Waals surface area contributed by atoms with E-state index in [2.05, 4.69) is 52.3 Å². The molecule has 1 aromatic heterocycles. The number of fused-ring (bicyclic) bond motifs is 10. The number of methoxy groups -OCH3 is 1. The Morgan fingerprint density at radius 1 is 1.12 bits per heavy atom. The highest BCUT2D eigenvalue weighted by Crippen LogP contribution is 2.49. The van der Waals surface area contributed by atoms with Crippen molar-refractivity contribution in [3.05, 3.63) is 70.3 Å². The zero-order valence-corrected chi connectivity index (χ0v) is 19.1. The van der Waals surface area contributed by atoms with Gasteiger partial charge >= 0.3 is 0 Å². The van der Waals surface area contributed by atoms with Crippen molar-refractivity contribution < 1.29 is 19.0 Å². The van der Waals surface area contributed by atoms with Crippen LogP contribution in [-0.4, -0.2) is 43.5 Å². The molecule has 1 saturated heterocycles. The summed E-state index contributed by atoms with van der Waals surface area (Å²) in [6.07, 6.45) is 1.10. The highest BCUT2D eigenvalue weighted by Gasteiger charge is 2.36. The van der Waals surface area contributed by atoms with Gasteiger partial charge in [-0.3, -0.25) is 4.79 Å². The molecule has 7 rings (SSSR count). The first-order valence-electron chi connectivity index (χ1n) is 11.9. The zero-order chi connectivity index (χ0) is 22.8. The molecule has 1 amide bonds. The van der Waals surface area contributed by atoms with Gasteiger partial charge in [-0.25, -0.2) is 0 Å². The lowest BCUT2D eigenvalue weighted by molar-refractivity contribution is 0.0617. The van der Waals surface area contributed by atoms with E-state index in [9.17, 15) is 4.79 Å². The normalized spacial score (nSPS) is 17.8. The van der Waals surface area contributed by atoms with Crippen LogP contribution in [0.1, 0.15) is 32.6 Å². The van der Waals surface area contributed by atoms with Crippen molar-refractivity contribution in [2.45, 2.75) is 32.2 Å². The van der Waals surface area contributed by atoms with Gasteiger partial charge in [0.2, 0.25) is 0 Å². The van der Waals surface area contributed by atoms with E-state index in [1.807, 2.05) is 0 Å². The van der Waals surface area contributed by atoms with Crippen LogP contribution in [0.15, 0.2) is 42.5 Å². The average Bonchev–Trinajstić information content (AvgIpc) is 3.35. The third-order valence-corrected chi connectivity index (χ3v) is 7.36. The summed E-state index contributed by atoms with van der Waals surface area (Å²) < 4.78 is 19.0. The van der Waals surface area contributed by atoms with Crippen molar-refractivity contribution in [3.63, 3.8) is 0 Å². The molecule has 3 heterocycles. The highest BCUT2D eigenvalue weighted by molar-refractivity contribution is 6.20. The van der Waals surface area contributed by atoms with Gasteiger partial charge in [0.1, 0.15) is 0 Å². The maximum Gasteiger partial charge on any atom is 0.252 e. The molecule has 4 aromatic rings. The van der Waals surface area contributed by atoms with E-state index >= 15 is 0 Å². The van der Waals surface area contributed by atoms with Crippen LogP contribution in [0, 0.1) is 0 Å². The van der Waals surface area contributed by atoms with Gasteiger partial charge in [0.05, 0.1) is 50.2 Å². The van der Waals surface area contributed by atoms with E-state index in [4.69, 9.17) is 14.2 Å². The molecule has 1 fully saturated rings. The van der Waals surface area contributed by atoms with Crippen molar-refractivity contribution in [1.29, 1.82) is 0 Å². The van der Waals surface area contributed by atoms with Gasteiger partial charge in [0, 0.05) is 41.9 Å². The average molecular weight is 455 g/mol. The van der Waals surface area contributed by atoms with Crippen molar-refractivity contribution in [2.75, 3.05) is 26.9 Å². The van der Waals surface area contributed by atoms with Gasteiger partial charge in [-0.05, 0) is 39.9 Å². The van der Waals surface area contributed by atoms with Crippen molar-refractivity contribution >= 4 is 27.7 Å². The molecule has 172 valence electrons. The number of rotatable bonds is 7. The number of hydrogen-bond donors (Lipinski definition) is 1. The van der Waals surface area contributed by atoms with E-state index < -0.39 is 0 Å². The lowest BCUT2D eigenvalue weighted by atomic mass is 9.92. The predicted octanol–water partition coefficient (Wildman–Crippen LogP) is 4.17. The molecule has 6 nitrogen and oxygen atoms in total. The number of carbonyl (C=O) groups excluding carboxylic acids is 1. The molecule has 34 heavy (non-hydrogen) atoms. The standard InChI is InChI=1S/C28H26N2O4/c1-32-8-9-33-14-16-6-7-23-20(10-16)25-22-12-29-28(31)26(22)24-19-5-3-2-4-17(19)11-21(24)27(25)30(23)13-18-15-34-18/h2-7,10,18H,8-9,11-15H2,1H3,(H,29,31). The largest absolute Gasteiger partial charge is 0.382 e. The molecule has 1 aliphatic carbocycles. The van der Waals surface area contributed by atoms with Gasteiger partial charge in [-0.1, -0.05) is 30.3 Å². The summed E-state index contributed by atoms with van der Waals surface area (Å²) in [5.41, 5.74) is 10.4. The summed E-state index contributed by atoms with van der Waals surface area (Å²) in [5, 5.41) is 5.51. The molecule has 3 aromatic carbocycles. The number of benzene rings is 3. The summed E-state index contributed by atoms with van der Waals surface area (Å²) >= 11 is 0. The first-order chi connectivity index (χ1) is 16.7. The number of nitrogens with one attached hydrogen (secondary N) is 1. The fourth-order valence-corrected chi connectivity index (χ4v) is 5.82. The zero-order valence-electron chi connectivity index (χ0n) is 19.1. The molecule has 1 N–H and O–H groups in total. The molecule has 0 radical (unpaired) electrons. The SMILES string of the molecule is COCCOCc1ccc2c(c1)c1c3c(c4c(c1n2CC1CO1)Cc1ccccc1-4)C(=O)NC3. The predicted molar refractivity (Wildman–Crippen MR) is 130 cm³/mol. The van der Waals surface area contributed by atoms with Crippen molar-refractivity contribution in [1.82, 2.24) is 9.88 Å². The van der Waals surface area contributed by atoms with Crippen molar-refractivity contribution in [3.8, 4) is 11.1 Å². The fraction of sp³-hybridized carbons (Fsp3) is 0.321. The third-order valence-electron chi connectivity index (χ3n) is 7.36. The summed E-state index contributed by atoms with van der Waals surface area (Å²) in [4.78, 5) is 13.1. The number of nitrogens with zero attached hydrogens (tertiary/aromatic N) is 1. The van der Waals surface area contributed by atoms with Gasteiger partial charge in [-0.2, -0.15) is 0 Å². The highest BCUT2D eigenvalue weighted by atomic mass is 16.6. The molecule has 1 atom stereocenters. The monoisotopic (exact) mass is 454 g/mol. The molecule has 2 aliphatic heterocycles. The Labute approximate surface area is 197 Å². The fourth-order valence-electron chi connectivity index (χ4n) is 5.82. The maximum absolute atomic E-state index is 13.1. The number of carbonyl (C=O) groups is 1. The van der Waals surface area contributed by atoms with Gasteiger partial charge in [-0.15, -0.1) is 0 Å². The molecular formula is C28H26N2O4. The third kappa shape index (κ3) is 2.96. The summed E-state index contributed by atoms with van der Waals surface area (Å²) in [6.45, 7) is 3.87. The summed E-state index contributed by atoms with van der Waals surface area (Å²) in [6, 6.07) is 15.1. The van der Waals surface area contributed by atoms with E-state index in [0.717, 1.165) is 41.8 Å². The minimum Gasteiger partial charge on any atom is -0.382 e. The van der Waals surface area contributed by atoms with Crippen LogP contribution in [0.3, 0.4) is 0 Å². The van der Waals surface area contributed by atoms with Gasteiger partial charge < -0.3 is 24.1 Å². The topological polar surface area (TPSA) is 65.0 Å². The Morgan fingerprint density at radius 2 is 2.00 bits per heavy atom. The smallest absolute Gasteiger partial charge is 0.252 e. The number of hydrogen-bond acceptors (Lipinski definition) is 4. The summed E-state index contributed by atoms with van der Waals surface area (Å²) in [5.74, 6) is 0.0373. The molecule has 0 saturated carbocycles. The van der Waals surface area contributed by atoms with E-state index in [1.165, 1.54) is 38.5 Å². The van der Waals surface area contributed by atoms with Crippen LogP contribution in [0.25, 0.3) is 32.9 Å². The number of amides is 1. The molecule has 6 heteroatoms. The Morgan fingerprint density at radius 3 is 2.85 bits per heavy atom. The number of ether oxygens (including phenoxy) is 3. The summed E-state index contributed by atoms with van der Waals surface area (Å²) in [7, 11) is 1.68. The Kier molecular flexibility index (Phi) is 4.56. The van der Waals surface area contributed by atoms with Crippen LogP contribution in [-0.2, 0) is 40.3 Å². The Balaban J connectivity index is 1.50. The molecule has 3 aliphatic rings. The van der Waals surface area contributed by atoms with Crippen LogP contribution in [0.5, 0.6) is 0 Å². The lowest BCUT2D eigenvalue weighted by Gasteiger charge is -2.13.